The second-order valence-electron chi connectivity index (χ2n) is 6.73. The molecule has 0 aliphatic rings. The van der Waals surface area contributed by atoms with Gasteiger partial charge in [0.1, 0.15) is 0 Å². The third-order valence-corrected chi connectivity index (χ3v) is 4.56. The summed E-state index contributed by atoms with van der Waals surface area (Å²) in [6.45, 7) is 1.96. The fourth-order valence-electron chi connectivity index (χ4n) is 2.97. The van der Waals surface area contributed by atoms with E-state index in [4.69, 9.17) is 0 Å². The first-order valence-electron chi connectivity index (χ1n) is 9.69. The van der Waals surface area contributed by atoms with Crippen molar-refractivity contribution in [1.29, 1.82) is 0 Å². The van der Waals surface area contributed by atoms with Crippen molar-refractivity contribution in [3.8, 4) is 0 Å². The Morgan fingerprint density at radius 2 is 1.45 bits per heavy atom. The SMILES string of the molecule is CCc1ccc(NC(=O)NCC(=O)Nc2ccccc2Cc2ccccc2)cc1. The number of anilines is 2. The Labute approximate surface area is 171 Å². The van der Waals surface area contributed by atoms with E-state index in [1.807, 2.05) is 66.7 Å². The third-order valence-electron chi connectivity index (χ3n) is 4.56. The van der Waals surface area contributed by atoms with Crippen LogP contribution in [0.15, 0.2) is 78.9 Å². The predicted molar refractivity (Wildman–Crippen MR) is 117 cm³/mol. The summed E-state index contributed by atoms with van der Waals surface area (Å²) < 4.78 is 0. The van der Waals surface area contributed by atoms with E-state index in [0.717, 1.165) is 24.1 Å². The first-order valence-corrected chi connectivity index (χ1v) is 9.69. The van der Waals surface area contributed by atoms with Gasteiger partial charge in [-0.15, -0.1) is 0 Å². The van der Waals surface area contributed by atoms with E-state index < -0.39 is 6.03 Å². The van der Waals surface area contributed by atoms with Crippen LogP contribution in [0.25, 0.3) is 0 Å². The minimum Gasteiger partial charge on any atom is -0.329 e. The molecule has 3 aromatic rings. The van der Waals surface area contributed by atoms with Gasteiger partial charge in [0.05, 0.1) is 6.54 Å². The van der Waals surface area contributed by atoms with Crippen molar-refractivity contribution in [2.75, 3.05) is 17.2 Å². The van der Waals surface area contributed by atoms with Crippen LogP contribution in [0.2, 0.25) is 0 Å². The summed E-state index contributed by atoms with van der Waals surface area (Å²) in [7, 11) is 0. The highest BCUT2D eigenvalue weighted by Crippen LogP contribution is 2.19. The maximum atomic E-state index is 12.3. The van der Waals surface area contributed by atoms with Crippen molar-refractivity contribution in [3.05, 3.63) is 95.6 Å². The average molecular weight is 387 g/mol. The predicted octanol–water partition coefficient (Wildman–Crippen LogP) is 4.60. The summed E-state index contributed by atoms with van der Waals surface area (Å²) >= 11 is 0. The van der Waals surface area contributed by atoms with E-state index in [-0.39, 0.29) is 12.5 Å². The maximum absolute atomic E-state index is 12.3. The molecule has 3 amide bonds. The van der Waals surface area contributed by atoms with Gasteiger partial charge in [-0.25, -0.2) is 4.79 Å². The second-order valence-corrected chi connectivity index (χ2v) is 6.73. The monoisotopic (exact) mass is 387 g/mol. The van der Waals surface area contributed by atoms with Gasteiger partial charge < -0.3 is 16.0 Å². The molecule has 0 bridgehead atoms. The van der Waals surface area contributed by atoms with Crippen molar-refractivity contribution in [3.63, 3.8) is 0 Å². The third kappa shape index (κ3) is 6.21. The molecule has 0 spiro atoms. The van der Waals surface area contributed by atoms with Crippen molar-refractivity contribution in [1.82, 2.24) is 5.32 Å². The van der Waals surface area contributed by atoms with Gasteiger partial charge >= 0.3 is 6.03 Å². The lowest BCUT2D eigenvalue weighted by Crippen LogP contribution is -2.35. The zero-order chi connectivity index (χ0) is 20.5. The van der Waals surface area contributed by atoms with Gasteiger partial charge in [-0.1, -0.05) is 67.6 Å². The van der Waals surface area contributed by atoms with Crippen LogP contribution in [-0.2, 0) is 17.6 Å². The molecular formula is C24H25N3O2. The lowest BCUT2D eigenvalue weighted by Gasteiger charge is -2.12. The van der Waals surface area contributed by atoms with Gasteiger partial charge in [-0.3, -0.25) is 4.79 Å². The molecule has 148 valence electrons. The summed E-state index contributed by atoms with van der Waals surface area (Å²) in [6, 6.07) is 25.0. The van der Waals surface area contributed by atoms with Crippen LogP contribution in [0.5, 0.6) is 0 Å². The smallest absolute Gasteiger partial charge is 0.319 e. The van der Waals surface area contributed by atoms with Crippen molar-refractivity contribution >= 4 is 23.3 Å². The second kappa shape index (κ2) is 10.1. The summed E-state index contributed by atoms with van der Waals surface area (Å²) in [5, 5.41) is 8.20. The number of para-hydroxylation sites is 1. The molecule has 0 aliphatic heterocycles. The van der Waals surface area contributed by atoms with Gasteiger partial charge in [0.25, 0.3) is 0 Å². The minimum atomic E-state index is -0.415. The van der Waals surface area contributed by atoms with Crippen molar-refractivity contribution in [2.45, 2.75) is 19.8 Å². The molecule has 29 heavy (non-hydrogen) atoms. The molecule has 3 rings (SSSR count). The number of nitrogens with one attached hydrogen (secondary N) is 3. The zero-order valence-corrected chi connectivity index (χ0v) is 16.4. The van der Waals surface area contributed by atoms with Crippen molar-refractivity contribution < 1.29 is 9.59 Å². The quantitative estimate of drug-likeness (QED) is 0.554. The lowest BCUT2D eigenvalue weighted by atomic mass is 10.0. The molecule has 0 fully saturated rings. The molecular weight excluding hydrogens is 362 g/mol. The fraction of sp³-hybridized carbons (Fsp3) is 0.167. The average Bonchev–Trinajstić information content (AvgIpc) is 2.75. The Morgan fingerprint density at radius 3 is 2.17 bits per heavy atom. The fourth-order valence-corrected chi connectivity index (χ4v) is 2.97. The van der Waals surface area contributed by atoms with Crippen LogP contribution in [0.1, 0.15) is 23.6 Å². The van der Waals surface area contributed by atoms with E-state index in [1.54, 1.807) is 0 Å². The summed E-state index contributed by atoms with van der Waals surface area (Å²) in [5.74, 6) is -0.276. The Hall–Kier alpha value is -3.60. The molecule has 0 saturated carbocycles. The van der Waals surface area contributed by atoms with E-state index in [9.17, 15) is 9.59 Å². The maximum Gasteiger partial charge on any atom is 0.319 e. The summed E-state index contributed by atoms with van der Waals surface area (Å²) in [4.78, 5) is 24.3. The number of carbonyl (C=O) groups excluding carboxylic acids is 2. The molecule has 0 radical (unpaired) electrons. The Morgan fingerprint density at radius 1 is 0.759 bits per heavy atom. The van der Waals surface area contributed by atoms with Crippen LogP contribution >= 0.6 is 0 Å². The van der Waals surface area contributed by atoms with Crippen LogP contribution in [-0.4, -0.2) is 18.5 Å². The van der Waals surface area contributed by atoms with Gasteiger partial charge in [0.15, 0.2) is 0 Å². The lowest BCUT2D eigenvalue weighted by molar-refractivity contribution is -0.115. The highest BCUT2D eigenvalue weighted by atomic mass is 16.2. The highest BCUT2D eigenvalue weighted by molar-refractivity contribution is 5.97. The molecule has 0 heterocycles. The Bertz CT molecular complexity index is 953. The molecule has 5 heteroatoms. The van der Waals surface area contributed by atoms with E-state index >= 15 is 0 Å². The molecule has 3 aromatic carbocycles. The van der Waals surface area contributed by atoms with Gasteiger partial charge in [-0.2, -0.15) is 0 Å². The molecule has 0 aliphatic carbocycles. The first-order chi connectivity index (χ1) is 14.1. The molecule has 0 unspecified atom stereocenters. The summed E-state index contributed by atoms with van der Waals surface area (Å²) in [6.07, 6.45) is 1.66. The Kier molecular flexibility index (Phi) is 7.00. The molecule has 0 saturated heterocycles. The number of hydrogen-bond acceptors (Lipinski definition) is 2. The Balaban J connectivity index is 1.52. The van der Waals surface area contributed by atoms with Crippen molar-refractivity contribution in [2.24, 2.45) is 0 Å². The van der Waals surface area contributed by atoms with Crippen LogP contribution in [0.4, 0.5) is 16.2 Å². The minimum absolute atomic E-state index is 0.113. The molecule has 5 nitrogen and oxygen atoms in total. The van der Waals surface area contributed by atoms with Gasteiger partial charge in [-0.05, 0) is 47.7 Å². The molecule has 0 atom stereocenters. The van der Waals surface area contributed by atoms with Crippen LogP contribution < -0.4 is 16.0 Å². The van der Waals surface area contributed by atoms with Crippen LogP contribution in [0, 0.1) is 0 Å². The number of amides is 3. The van der Waals surface area contributed by atoms with E-state index in [0.29, 0.717) is 5.69 Å². The highest BCUT2D eigenvalue weighted by Gasteiger charge is 2.09. The van der Waals surface area contributed by atoms with E-state index in [2.05, 4.69) is 35.0 Å². The number of aryl methyl sites for hydroxylation is 1. The molecule has 0 aromatic heterocycles. The van der Waals surface area contributed by atoms with Gasteiger partial charge in [0.2, 0.25) is 5.91 Å². The normalized spacial score (nSPS) is 10.2. The number of hydrogen-bond donors (Lipinski definition) is 3. The standard InChI is InChI=1S/C24H25N3O2/c1-2-18-12-14-21(15-13-18)26-24(29)25-17-23(28)27-22-11-7-6-10-20(22)16-19-8-4-3-5-9-19/h3-15H,2,16-17H2,1H3,(H,27,28)(H2,25,26,29). The molecule has 3 N–H and O–H groups in total. The number of rotatable bonds is 7. The van der Waals surface area contributed by atoms with Crippen LogP contribution in [0.3, 0.4) is 0 Å². The zero-order valence-electron chi connectivity index (χ0n) is 16.4. The number of urea groups is 1. The topological polar surface area (TPSA) is 70.2 Å². The largest absolute Gasteiger partial charge is 0.329 e. The number of carbonyl (C=O) groups is 2. The first kappa shape index (κ1) is 20.1. The van der Waals surface area contributed by atoms with E-state index in [1.165, 1.54) is 11.1 Å². The summed E-state index contributed by atoms with van der Waals surface area (Å²) in [5.41, 5.74) is 4.82. The van der Waals surface area contributed by atoms with Gasteiger partial charge in [0, 0.05) is 11.4 Å². The number of benzene rings is 3.